The lowest BCUT2D eigenvalue weighted by atomic mass is 10.2. The third-order valence-electron chi connectivity index (χ3n) is 1.84. The van der Waals surface area contributed by atoms with Crippen LogP contribution in [-0.4, -0.2) is 19.4 Å². The number of benzene rings is 1. The van der Waals surface area contributed by atoms with Gasteiger partial charge in [0.2, 0.25) is 5.16 Å². The van der Waals surface area contributed by atoms with Crippen LogP contribution in [0.15, 0.2) is 40.3 Å². The second kappa shape index (κ2) is 4.22. The van der Waals surface area contributed by atoms with Crippen molar-refractivity contribution in [2.24, 2.45) is 0 Å². The molecule has 1 heterocycles. The van der Waals surface area contributed by atoms with E-state index < -0.39 is 16.5 Å². The molecule has 0 bridgehead atoms. The third-order valence-corrected chi connectivity index (χ3v) is 3.06. The smallest absolute Gasteiger partial charge is 0.282 e. The predicted molar refractivity (Wildman–Crippen MR) is 55.8 cm³/mol. The summed E-state index contributed by atoms with van der Waals surface area (Å²) in [6.07, 6.45) is 0. The van der Waals surface area contributed by atoms with Gasteiger partial charge in [-0.3, -0.25) is 9.19 Å². The molecule has 2 N–H and O–H groups in total. The maximum Gasteiger partial charge on any atom is 0.341 e. The van der Waals surface area contributed by atoms with Crippen molar-refractivity contribution in [1.29, 1.82) is 0 Å². The molecule has 5 nitrogen and oxygen atoms in total. The largest absolute Gasteiger partial charge is 0.341 e. The monoisotopic (exact) mass is 223 g/mol. The molecule has 0 radical (unpaired) electrons. The van der Waals surface area contributed by atoms with Gasteiger partial charge in [0.15, 0.2) is 0 Å². The minimum Gasteiger partial charge on any atom is -0.282 e. The first-order valence-electron chi connectivity index (χ1n) is 4.33. The number of aromatic nitrogens is 3. The molecule has 2 aromatic rings. The number of nitrogens with one attached hydrogen (secondary N) is 2. The van der Waals surface area contributed by atoms with E-state index in [1.807, 2.05) is 30.3 Å². The zero-order valence-corrected chi connectivity index (χ0v) is 8.58. The number of aromatic amines is 2. The van der Waals surface area contributed by atoms with E-state index in [0.717, 1.165) is 5.56 Å². The van der Waals surface area contributed by atoms with Crippen molar-refractivity contribution in [3.8, 4) is 0 Å². The minimum atomic E-state index is -1.31. The topological polar surface area (TPSA) is 78.6 Å². The highest BCUT2D eigenvalue weighted by atomic mass is 32.2. The third kappa shape index (κ3) is 2.41. The van der Waals surface area contributed by atoms with Crippen LogP contribution in [0.25, 0.3) is 0 Å². The summed E-state index contributed by atoms with van der Waals surface area (Å²) in [5.41, 5.74) is 0.506. The summed E-state index contributed by atoms with van der Waals surface area (Å²) in [6.45, 7) is 0. The van der Waals surface area contributed by atoms with Gasteiger partial charge < -0.3 is 0 Å². The molecule has 1 aromatic carbocycles. The summed E-state index contributed by atoms with van der Waals surface area (Å²) in [7, 11) is -1.31. The van der Waals surface area contributed by atoms with Crippen LogP contribution in [0, 0.1) is 0 Å². The van der Waals surface area contributed by atoms with Gasteiger partial charge >= 0.3 is 5.69 Å². The summed E-state index contributed by atoms with van der Waals surface area (Å²) >= 11 is 0. The van der Waals surface area contributed by atoms with E-state index in [4.69, 9.17) is 0 Å². The first-order chi connectivity index (χ1) is 7.25. The second-order valence-corrected chi connectivity index (χ2v) is 4.32. The molecule has 1 unspecified atom stereocenters. The van der Waals surface area contributed by atoms with Crippen LogP contribution in [0.2, 0.25) is 0 Å². The SMILES string of the molecule is O=c1[nH]nc(S(=O)Cc2ccccc2)[nH]1. The maximum absolute atomic E-state index is 11.7. The molecule has 15 heavy (non-hydrogen) atoms. The van der Waals surface area contributed by atoms with Gasteiger partial charge in [0.25, 0.3) is 0 Å². The summed E-state index contributed by atoms with van der Waals surface area (Å²) in [5, 5.41) is 5.98. The van der Waals surface area contributed by atoms with Gasteiger partial charge in [-0.1, -0.05) is 30.3 Å². The second-order valence-electron chi connectivity index (χ2n) is 2.96. The van der Waals surface area contributed by atoms with Gasteiger partial charge in [0, 0.05) is 0 Å². The lowest BCUT2D eigenvalue weighted by Gasteiger charge is -1.97. The van der Waals surface area contributed by atoms with Gasteiger partial charge in [-0.25, -0.2) is 9.89 Å². The number of hydrogen-bond acceptors (Lipinski definition) is 3. The Kier molecular flexibility index (Phi) is 2.77. The van der Waals surface area contributed by atoms with E-state index >= 15 is 0 Å². The van der Waals surface area contributed by atoms with Crippen LogP contribution in [-0.2, 0) is 16.6 Å². The fraction of sp³-hybridized carbons (Fsp3) is 0.111. The molecule has 78 valence electrons. The van der Waals surface area contributed by atoms with Crippen molar-refractivity contribution in [1.82, 2.24) is 15.2 Å². The average molecular weight is 223 g/mol. The predicted octanol–water partition coefficient (Wildman–Crippen LogP) is 0.406. The van der Waals surface area contributed by atoms with Crippen molar-refractivity contribution in [2.45, 2.75) is 10.9 Å². The van der Waals surface area contributed by atoms with E-state index in [-0.39, 0.29) is 5.16 Å². The van der Waals surface area contributed by atoms with Gasteiger partial charge in [0.1, 0.15) is 0 Å². The van der Waals surface area contributed by atoms with Crippen molar-refractivity contribution in [2.75, 3.05) is 0 Å². The zero-order valence-electron chi connectivity index (χ0n) is 7.77. The number of rotatable bonds is 3. The quantitative estimate of drug-likeness (QED) is 0.790. The Labute approximate surface area is 88.0 Å². The van der Waals surface area contributed by atoms with Crippen LogP contribution in [0.4, 0.5) is 0 Å². The van der Waals surface area contributed by atoms with Gasteiger partial charge in [-0.2, -0.15) is 0 Å². The number of nitrogens with zero attached hydrogens (tertiary/aromatic N) is 1. The van der Waals surface area contributed by atoms with Crippen LogP contribution in [0.3, 0.4) is 0 Å². The lowest BCUT2D eigenvalue weighted by molar-refractivity contribution is 0.676. The van der Waals surface area contributed by atoms with E-state index in [2.05, 4.69) is 15.2 Å². The first kappa shape index (κ1) is 9.85. The highest BCUT2D eigenvalue weighted by Crippen LogP contribution is 2.06. The summed E-state index contributed by atoms with van der Waals surface area (Å²) in [5.74, 6) is 0.349. The molecule has 2 rings (SSSR count). The fourth-order valence-corrected chi connectivity index (χ4v) is 2.14. The van der Waals surface area contributed by atoms with Crippen molar-refractivity contribution in [3.05, 3.63) is 46.4 Å². The van der Waals surface area contributed by atoms with Crippen molar-refractivity contribution < 1.29 is 4.21 Å². The van der Waals surface area contributed by atoms with Crippen LogP contribution >= 0.6 is 0 Å². The molecular formula is C9H9N3O2S. The first-order valence-corrected chi connectivity index (χ1v) is 5.64. The summed E-state index contributed by atoms with van der Waals surface area (Å²) in [4.78, 5) is 13.1. The molecule has 1 atom stereocenters. The van der Waals surface area contributed by atoms with Crippen molar-refractivity contribution in [3.63, 3.8) is 0 Å². The molecule has 0 saturated carbocycles. The Morgan fingerprint density at radius 1 is 1.27 bits per heavy atom. The highest BCUT2D eigenvalue weighted by Gasteiger charge is 2.08. The molecule has 0 aliphatic rings. The molecule has 6 heteroatoms. The standard InChI is InChI=1S/C9H9N3O2S/c13-8-10-9(12-11-8)15(14)6-7-4-2-1-3-5-7/h1-5H,6H2,(H2,10,11,12,13). The fourth-order valence-electron chi connectivity index (χ4n) is 1.16. The molecular weight excluding hydrogens is 214 g/mol. The molecule has 0 aliphatic heterocycles. The number of H-pyrrole nitrogens is 2. The van der Waals surface area contributed by atoms with E-state index in [0.29, 0.717) is 5.75 Å². The zero-order chi connectivity index (χ0) is 10.7. The van der Waals surface area contributed by atoms with Gasteiger partial charge in [-0.15, -0.1) is 5.10 Å². The van der Waals surface area contributed by atoms with E-state index in [1.165, 1.54) is 0 Å². The Balaban J connectivity index is 2.14. The summed E-state index contributed by atoms with van der Waals surface area (Å²) < 4.78 is 11.7. The lowest BCUT2D eigenvalue weighted by Crippen LogP contribution is -2.03. The normalized spacial score (nSPS) is 12.5. The molecule has 0 spiro atoms. The molecule has 1 aromatic heterocycles. The molecule has 0 fully saturated rings. The minimum absolute atomic E-state index is 0.184. The molecule has 0 amide bonds. The Bertz CT molecular complexity index is 517. The Morgan fingerprint density at radius 2 is 2.00 bits per heavy atom. The molecule has 0 saturated heterocycles. The number of hydrogen-bond donors (Lipinski definition) is 2. The Hall–Kier alpha value is -1.69. The maximum atomic E-state index is 11.7. The highest BCUT2D eigenvalue weighted by molar-refractivity contribution is 7.84. The summed E-state index contributed by atoms with van der Waals surface area (Å²) in [6, 6.07) is 9.40. The Morgan fingerprint density at radius 3 is 2.60 bits per heavy atom. The average Bonchev–Trinajstić information content (AvgIpc) is 2.66. The molecule has 0 aliphatic carbocycles. The van der Waals surface area contributed by atoms with Crippen LogP contribution in [0.5, 0.6) is 0 Å². The van der Waals surface area contributed by atoms with Gasteiger partial charge in [0.05, 0.1) is 16.6 Å². The van der Waals surface area contributed by atoms with Crippen molar-refractivity contribution >= 4 is 10.8 Å². The van der Waals surface area contributed by atoms with Crippen LogP contribution in [0.1, 0.15) is 5.56 Å². The van der Waals surface area contributed by atoms with Crippen LogP contribution < -0.4 is 5.69 Å². The van der Waals surface area contributed by atoms with E-state index in [1.54, 1.807) is 0 Å². The van der Waals surface area contributed by atoms with E-state index in [9.17, 15) is 9.00 Å². The van der Waals surface area contributed by atoms with Gasteiger partial charge in [-0.05, 0) is 5.56 Å².